The molecule has 0 bridgehead atoms. The SMILES string of the molecule is CN(CC(C)(C)O)C(=O)c1cc(-c2cccs2)on1. The molecule has 2 heterocycles. The van der Waals surface area contributed by atoms with Gasteiger partial charge in [0, 0.05) is 19.7 Å². The third-order valence-corrected chi connectivity index (χ3v) is 3.35. The van der Waals surface area contributed by atoms with E-state index in [4.69, 9.17) is 4.52 Å². The summed E-state index contributed by atoms with van der Waals surface area (Å²) in [5.41, 5.74) is -0.694. The molecule has 2 aromatic heterocycles. The molecule has 0 fully saturated rings. The summed E-state index contributed by atoms with van der Waals surface area (Å²) in [6.07, 6.45) is 0. The van der Waals surface area contributed by atoms with Gasteiger partial charge in [-0.3, -0.25) is 4.79 Å². The number of carbonyl (C=O) groups excluding carboxylic acids is 1. The van der Waals surface area contributed by atoms with Crippen molar-refractivity contribution in [3.63, 3.8) is 0 Å². The smallest absolute Gasteiger partial charge is 0.275 e. The molecular weight excluding hydrogens is 264 g/mol. The van der Waals surface area contributed by atoms with E-state index in [9.17, 15) is 9.90 Å². The monoisotopic (exact) mass is 280 g/mol. The summed E-state index contributed by atoms with van der Waals surface area (Å²) in [6, 6.07) is 5.43. The lowest BCUT2D eigenvalue weighted by Crippen LogP contribution is -2.39. The second-order valence-corrected chi connectivity index (χ2v) is 5.98. The molecule has 0 aliphatic heterocycles. The van der Waals surface area contributed by atoms with Gasteiger partial charge in [0.15, 0.2) is 11.5 Å². The lowest BCUT2D eigenvalue weighted by molar-refractivity contribution is 0.0362. The third kappa shape index (κ3) is 3.42. The van der Waals surface area contributed by atoms with Crippen LogP contribution in [0.15, 0.2) is 28.1 Å². The number of hydrogen-bond donors (Lipinski definition) is 1. The predicted octanol–water partition coefficient (Wildman–Crippen LogP) is 2.25. The Labute approximate surface area is 115 Å². The Morgan fingerprint density at radius 2 is 2.32 bits per heavy atom. The molecule has 1 amide bonds. The summed E-state index contributed by atoms with van der Waals surface area (Å²) in [5.74, 6) is 0.309. The van der Waals surface area contributed by atoms with Gasteiger partial charge >= 0.3 is 0 Å². The van der Waals surface area contributed by atoms with Gasteiger partial charge in [-0.1, -0.05) is 11.2 Å². The number of carbonyl (C=O) groups is 1. The minimum absolute atomic E-state index is 0.229. The van der Waals surface area contributed by atoms with E-state index in [1.165, 1.54) is 16.2 Å². The van der Waals surface area contributed by atoms with E-state index in [1.807, 2.05) is 17.5 Å². The highest BCUT2D eigenvalue weighted by atomic mass is 32.1. The van der Waals surface area contributed by atoms with E-state index >= 15 is 0 Å². The minimum atomic E-state index is -0.940. The Morgan fingerprint density at radius 1 is 1.58 bits per heavy atom. The van der Waals surface area contributed by atoms with Crippen LogP contribution in [0.5, 0.6) is 0 Å². The molecule has 0 spiro atoms. The fourth-order valence-corrected chi connectivity index (χ4v) is 2.43. The van der Waals surface area contributed by atoms with Crippen molar-refractivity contribution < 1.29 is 14.4 Å². The number of nitrogens with zero attached hydrogens (tertiary/aromatic N) is 2. The van der Waals surface area contributed by atoms with Crippen LogP contribution in [0.3, 0.4) is 0 Å². The minimum Gasteiger partial charge on any atom is -0.389 e. The molecule has 0 aliphatic carbocycles. The molecule has 0 radical (unpaired) electrons. The van der Waals surface area contributed by atoms with Crippen LogP contribution in [0.4, 0.5) is 0 Å². The number of aliphatic hydroxyl groups is 1. The lowest BCUT2D eigenvalue weighted by Gasteiger charge is -2.24. The highest BCUT2D eigenvalue weighted by Crippen LogP contribution is 2.25. The number of thiophene rings is 1. The number of hydrogen-bond acceptors (Lipinski definition) is 5. The normalized spacial score (nSPS) is 11.6. The summed E-state index contributed by atoms with van der Waals surface area (Å²) in [4.78, 5) is 14.5. The molecule has 0 saturated carbocycles. The number of likely N-dealkylation sites (N-methyl/N-ethyl adjacent to an activating group) is 1. The molecule has 6 heteroatoms. The molecule has 19 heavy (non-hydrogen) atoms. The number of aromatic nitrogens is 1. The Kier molecular flexibility index (Phi) is 3.73. The molecule has 0 unspecified atom stereocenters. The van der Waals surface area contributed by atoms with Crippen LogP contribution < -0.4 is 0 Å². The largest absolute Gasteiger partial charge is 0.389 e. The van der Waals surface area contributed by atoms with Crippen LogP contribution in [0.1, 0.15) is 24.3 Å². The molecule has 0 aliphatic rings. The molecular formula is C13H16N2O3S. The average Bonchev–Trinajstić information content (AvgIpc) is 2.96. The average molecular weight is 280 g/mol. The Balaban J connectivity index is 2.12. The van der Waals surface area contributed by atoms with E-state index < -0.39 is 5.60 Å². The summed E-state index contributed by atoms with van der Waals surface area (Å²) in [6.45, 7) is 3.53. The maximum absolute atomic E-state index is 12.1. The van der Waals surface area contributed by atoms with Crippen molar-refractivity contribution in [1.82, 2.24) is 10.1 Å². The molecule has 0 saturated heterocycles. The predicted molar refractivity (Wildman–Crippen MR) is 73.1 cm³/mol. The van der Waals surface area contributed by atoms with Crippen molar-refractivity contribution in [3.05, 3.63) is 29.3 Å². The van der Waals surface area contributed by atoms with Crippen molar-refractivity contribution in [2.45, 2.75) is 19.4 Å². The van der Waals surface area contributed by atoms with Crippen molar-refractivity contribution in [3.8, 4) is 10.6 Å². The van der Waals surface area contributed by atoms with Gasteiger partial charge in [-0.15, -0.1) is 11.3 Å². The van der Waals surface area contributed by atoms with Crippen LogP contribution in [-0.2, 0) is 0 Å². The zero-order chi connectivity index (χ0) is 14.0. The highest BCUT2D eigenvalue weighted by molar-refractivity contribution is 7.13. The quantitative estimate of drug-likeness (QED) is 0.932. The van der Waals surface area contributed by atoms with Gasteiger partial charge in [0.1, 0.15) is 0 Å². The van der Waals surface area contributed by atoms with E-state index in [2.05, 4.69) is 5.16 Å². The first-order valence-corrected chi connectivity index (χ1v) is 6.73. The fraction of sp³-hybridized carbons (Fsp3) is 0.385. The Bertz CT molecular complexity index is 555. The lowest BCUT2D eigenvalue weighted by atomic mass is 10.1. The van der Waals surface area contributed by atoms with Gasteiger partial charge in [-0.25, -0.2) is 0 Å². The van der Waals surface area contributed by atoms with Gasteiger partial charge in [-0.2, -0.15) is 0 Å². The van der Waals surface area contributed by atoms with Crippen LogP contribution in [0.25, 0.3) is 10.6 Å². The van der Waals surface area contributed by atoms with Crippen molar-refractivity contribution in [2.24, 2.45) is 0 Å². The Morgan fingerprint density at radius 3 is 2.89 bits per heavy atom. The zero-order valence-corrected chi connectivity index (χ0v) is 11.9. The number of rotatable bonds is 4. The molecule has 1 N–H and O–H groups in total. The van der Waals surface area contributed by atoms with Crippen LogP contribution >= 0.6 is 11.3 Å². The molecule has 0 aromatic carbocycles. The van der Waals surface area contributed by atoms with Crippen LogP contribution in [0.2, 0.25) is 0 Å². The summed E-state index contributed by atoms with van der Waals surface area (Å²) in [7, 11) is 1.62. The molecule has 2 aromatic rings. The highest BCUT2D eigenvalue weighted by Gasteiger charge is 2.23. The van der Waals surface area contributed by atoms with Gasteiger partial charge < -0.3 is 14.5 Å². The molecule has 0 atom stereocenters. The van der Waals surface area contributed by atoms with Crippen molar-refractivity contribution in [1.29, 1.82) is 0 Å². The first-order valence-electron chi connectivity index (χ1n) is 5.85. The first kappa shape index (κ1) is 13.8. The second-order valence-electron chi connectivity index (χ2n) is 5.03. The summed E-state index contributed by atoms with van der Waals surface area (Å²) in [5, 5.41) is 15.4. The van der Waals surface area contributed by atoms with Crippen molar-refractivity contribution in [2.75, 3.05) is 13.6 Å². The van der Waals surface area contributed by atoms with E-state index in [1.54, 1.807) is 27.0 Å². The molecule has 102 valence electrons. The van der Waals surface area contributed by atoms with Gasteiger partial charge in [0.05, 0.1) is 10.5 Å². The molecule has 2 rings (SSSR count). The standard InChI is InChI=1S/C13H16N2O3S/c1-13(2,17)8-15(3)12(16)9-7-10(18-14-9)11-5-4-6-19-11/h4-7,17H,8H2,1-3H3. The maximum atomic E-state index is 12.1. The van der Waals surface area contributed by atoms with Gasteiger partial charge in [0.25, 0.3) is 5.91 Å². The maximum Gasteiger partial charge on any atom is 0.275 e. The second kappa shape index (κ2) is 5.14. The zero-order valence-electron chi connectivity index (χ0n) is 11.1. The topological polar surface area (TPSA) is 66.6 Å². The van der Waals surface area contributed by atoms with Gasteiger partial charge in [0.2, 0.25) is 0 Å². The Hall–Kier alpha value is -1.66. The number of amides is 1. The summed E-state index contributed by atoms with van der Waals surface area (Å²) >= 11 is 1.52. The van der Waals surface area contributed by atoms with E-state index in [0.717, 1.165) is 4.88 Å². The summed E-state index contributed by atoms with van der Waals surface area (Å²) < 4.78 is 5.16. The first-order chi connectivity index (χ1) is 8.87. The van der Waals surface area contributed by atoms with Crippen molar-refractivity contribution >= 4 is 17.2 Å². The van der Waals surface area contributed by atoms with E-state index in [-0.39, 0.29) is 18.1 Å². The third-order valence-electron chi connectivity index (χ3n) is 2.46. The van der Waals surface area contributed by atoms with Crippen LogP contribution in [-0.4, -0.2) is 40.3 Å². The van der Waals surface area contributed by atoms with Gasteiger partial charge in [-0.05, 0) is 25.3 Å². The molecule has 5 nitrogen and oxygen atoms in total. The van der Waals surface area contributed by atoms with E-state index in [0.29, 0.717) is 5.76 Å². The van der Waals surface area contributed by atoms with Crippen LogP contribution in [0, 0.1) is 0 Å². The fourth-order valence-electron chi connectivity index (χ4n) is 1.76.